The molecular formula is C35H36FN5O. The Kier molecular flexibility index (Phi) is 6.12. The average Bonchev–Trinajstić information content (AvgIpc) is 3.65. The molecule has 3 saturated heterocycles. The van der Waals surface area contributed by atoms with E-state index in [1.54, 1.807) is 6.20 Å². The van der Waals surface area contributed by atoms with E-state index in [-0.39, 0.29) is 22.8 Å². The Balaban J connectivity index is 1.25. The van der Waals surface area contributed by atoms with Crippen LogP contribution in [-0.2, 0) is 0 Å². The number of benzene rings is 2. The van der Waals surface area contributed by atoms with Crippen LogP contribution in [0.4, 0.5) is 10.2 Å². The van der Waals surface area contributed by atoms with Crippen LogP contribution in [0.3, 0.4) is 0 Å². The van der Waals surface area contributed by atoms with Crippen LogP contribution in [0.25, 0.3) is 32.9 Å². The summed E-state index contributed by atoms with van der Waals surface area (Å²) < 4.78 is 23.2. The number of ether oxygens (including phenoxy) is 1. The highest BCUT2D eigenvalue weighted by Gasteiger charge is 2.48. The summed E-state index contributed by atoms with van der Waals surface area (Å²) in [6, 6.07) is 11.9. The molecule has 1 saturated carbocycles. The number of hydrogen-bond acceptors (Lipinski definition) is 6. The molecule has 4 fully saturated rings. The summed E-state index contributed by atoms with van der Waals surface area (Å²) in [4.78, 5) is 19.3. The largest absolute Gasteiger partial charge is 0.461 e. The number of anilines is 1. The van der Waals surface area contributed by atoms with Crippen LogP contribution in [-0.4, -0.2) is 58.2 Å². The van der Waals surface area contributed by atoms with Crippen molar-refractivity contribution in [1.29, 1.82) is 0 Å². The van der Waals surface area contributed by atoms with Gasteiger partial charge in [-0.2, -0.15) is 9.97 Å². The summed E-state index contributed by atoms with van der Waals surface area (Å²) in [5, 5.41) is 2.41. The molecule has 7 heteroatoms. The van der Waals surface area contributed by atoms with Crippen LogP contribution in [0, 0.1) is 35.9 Å². The Labute approximate surface area is 246 Å². The highest BCUT2D eigenvalue weighted by Crippen LogP contribution is 2.43. The Morgan fingerprint density at radius 1 is 1.10 bits per heavy atom. The standard InChI is InChI=1S/C35H36FN5O/c1-3-25-7-4-8-26-9-5-10-27(29(25)26)31-30(36)32-28(17-37-31)33(40-19-23-11-12-24(15-23)20-40)39-34(38-32)42-21-35-13-6-14-41(35)18-22(2)16-35/h1,4-5,7-10,17,22-24H,6,11-16,18-21H2,2H3/t22-,23?,24?,35?/m0/s1. The monoisotopic (exact) mass is 561 g/mol. The minimum atomic E-state index is -0.463. The second-order valence-corrected chi connectivity index (χ2v) is 13.2. The van der Waals surface area contributed by atoms with Crippen LogP contribution < -0.4 is 9.64 Å². The number of fused-ring (bicyclic) bond motifs is 5. The molecule has 42 heavy (non-hydrogen) atoms. The number of hydrogen-bond donors (Lipinski definition) is 0. The van der Waals surface area contributed by atoms with Crippen molar-refractivity contribution in [1.82, 2.24) is 19.9 Å². The molecule has 3 aliphatic heterocycles. The normalized spacial score (nSPS) is 27.1. The van der Waals surface area contributed by atoms with E-state index in [1.807, 2.05) is 36.4 Å². The maximum Gasteiger partial charge on any atom is 0.319 e. The molecular weight excluding hydrogens is 525 g/mol. The second kappa shape index (κ2) is 9.91. The first kappa shape index (κ1) is 25.9. The van der Waals surface area contributed by atoms with Crippen molar-refractivity contribution in [3.63, 3.8) is 0 Å². The summed E-state index contributed by atoms with van der Waals surface area (Å²) in [5.41, 5.74) is 1.91. The van der Waals surface area contributed by atoms with Gasteiger partial charge in [-0.15, -0.1) is 6.42 Å². The fraction of sp³-hybridized carbons (Fsp3) is 0.457. The number of pyridine rings is 1. The van der Waals surface area contributed by atoms with E-state index in [2.05, 4.69) is 22.6 Å². The minimum Gasteiger partial charge on any atom is -0.461 e. The quantitative estimate of drug-likeness (QED) is 0.261. The number of terminal acetylenes is 1. The molecule has 6 nitrogen and oxygen atoms in total. The van der Waals surface area contributed by atoms with Crippen molar-refractivity contribution in [2.75, 3.05) is 37.7 Å². The van der Waals surface area contributed by atoms with Crippen molar-refractivity contribution in [2.45, 2.75) is 51.0 Å². The minimum absolute atomic E-state index is 0.0264. The van der Waals surface area contributed by atoms with Gasteiger partial charge in [-0.05, 0) is 74.3 Å². The maximum absolute atomic E-state index is 16.7. The number of rotatable bonds is 5. The Morgan fingerprint density at radius 3 is 2.71 bits per heavy atom. The second-order valence-electron chi connectivity index (χ2n) is 13.2. The molecule has 2 aromatic carbocycles. The summed E-state index contributed by atoms with van der Waals surface area (Å²) in [6.45, 7) is 6.92. The first-order valence-corrected chi connectivity index (χ1v) is 15.5. The molecule has 0 radical (unpaired) electrons. The average molecular weight is 562 g/mol. The Hall–Kier alpha value is -3.76. The van der Waals surface area contributed by atoms with Gasteiger partial charge in [0.2, 0.25) is 0 Å². The van der Waals surface area contributed by atoms with E-state index in [9.17, 15) is 0 Å². The molecule has 8 rings (SSSR count). The van der Waals surface area contributed by atoms with Crippen LogP contribution in [0.5, 0.6) is 6.01 Å². The lowest BCUT2D eigenvalue weighted by atomic mass is 9.92. The first-order valence-electron chi connectivity index (χ1n) is 15.5. The van der Waals surface area contributed by atoms with E-state index in [1.165, 1.54) is 25.7 Å². The molecule has 1 aliphatic carbocycles. The van der Waals surface area contributed by atoms with E-state index >= 15 is 4.39 Å². The molecule has 0 N–H and O–H groups in total. The smallest absolute Gasteiger partial charge is 0.319 e. The van der Waals surface area contributed by atoms with Gasteiger partial charge in [0.1, 0.15) is 23.6 Å². The van der Waals surface area contributed by atoms with Crippen molar-refractivity contribution >= 4 is 27.5 Å². The van der Waals surface area contributed by atoms with Crippen LogP contribution in [0.1, 0.15) is 51.0 Å². The predicted molar refractivity (Wildman–Crippen MR) is 164 cm³/mol. The van der Waals surface area contributed by atoms with Crippen molar-refractivity contribution in [2.24, 2.45) is 17.8 Å². The highest BCUT2D eigenvalue weighted by molar-refractivity contribution is 6.02. The summed E-state index contributed by atoms with van der Waals surface area (Å²) >= 11 is 0. The van der Waals surface area contributed by atoms with Gasteiger partial charge in [-0.25, -0.2) is 4.39 Å². The summed E-state index contributed by atoms with van der Waals surface area (Å²) in [6.07, 6.45) is 14.8. The molecule has 3 unspecified atom stereocenters. The summed E-state index contributed by atoms with van der Waals surface area (Å²) in [7, 11) is 0. The van der Waals surface area contributed by atoms with Gasteiger partial charge in [0, 0.05) is 42.3 Å². The zero-order chi connectivity index (χ0) is 28.4. The van der Waals surface area contributed by atoms with E-state index in [0.717, 1.165) is 55.6 Å². The van der Waals surface area contributed by atoms with Gasteiger partial charge in [0.15, 0.2) is 5.82 Å². The molecule has 4 aromatic rings. The van der Waals surface area contributed by atoms with Crippen molar-refractivity contribution in [3.8, 4) is 29.6 Å². The third-order valence-electron chi connectivity index (χ3n) is 10.3. The van der Waals surface area contributed by atoms with Gasteiger partial charge in [-0.1, -0.05) is 43.2 Å². The maximum atomic E-state index is 16.7. The highest BCUT2D eigenvalue weighted by atomic mass is 19.1. The van der Waals surface area contributed by atoms with Crippen LogP contribution in [0.15, 0.2) is 42.6 Å². The molecule has 4 atom stereocenters. The number of aromatic nitrogens is 3. The number of nitrogens with zero attached hydrogens (tertiary/aromatic N) is 5. The van der Waals surface area contributed by atoms with Crippen LogP contribution in [0.2, 0.25) is 0 Å². The van der Waals surface area contributed by atoms with E-state index in [4.69, 9.17) is 26.1 Å². The number of piperidine rings is 1. The predicted octanol–water partition coefficient (Wildman–Crippen LogP) is 6.45. The molecule has 2 aromatic heterocycles. The lowest BCUT2D eigenvalue weighted by Crippen LogP contribution is -2.43. The molecule has 0 spiro atoms. The topological polar surface area (TPSA) is 54.4 Å². The number of halogens is 1. The van der Waals surface area contributed by atoms with E-state index in [0.29, 0.717) is 40.9 Å². The van der Waals surface area contributed by atoms with Crippen LogP contribution >= 0.6 is 0 Å². The third kappa shape index (κ3) is 4.14. The Morgan fingerprint density at radius 2 is 1.90 bits per heavy atom. The lowest BCUT2D eigenvalue weighted by Gasteiger charge is -2.34. The zero-order valence-corrected chi connectivity index (χ0v) is 24.2. The lowest BCUT2D eigenvalue weighted by molar-refractivity contribution is 0.107. The Bertz CT molecular complexity index is 1730. The fourth-order valence-electron chi connectivity index (χ4n) is 8.58. The van der Waals surface area contributed by atoms with Gasteiger partial charge in [0.25, 0.3) is 0 Å². The van der Waals surface area contributed by atoms with Crippen molar-refractivity contribution < 1.29 is 9.13 Å². The van der Waals surface area contributed by atoms with Gasteiger partial charge >= 0.3 is 6.01 Å². The third-order valence-corrected chi connectivity index (χ3v) is 10.3. The molecule has 5 heterocycles. The van der Waals surface area contributed by atoms with Gasteiger partial charge in [0.05, 0.1) is 10.9 Å². The first-order chi connectivity index (χ1) is 20.5. The van der Waals surface area contributed by atoms with Crippen molar-refractivity contribution in [3.05, 3.63) is 54.0 Å². The SMILES string of the molecule is C#Cc1cccc2cccc(-c3ncc4c(N5CC6CCC(C6)C5)nc(OCC56CCCN5C[C@@H](C)C6)nc4c3F)c12. The zero-order valence-electron chi connectivity index (χ0n) is 24.2. The summed E-state index contributed by atoms with van der Waals surface area (Å²) in [5.74, 6) is 5.00. The molecule has 214 valence electrons. The molecule has 4 aliphatic rings. The van der Waals surface area contributed by atoms with Gasteiger partial charge in [-0.3, -0.25) is 9.88 Å². The fourth-order valence-corrected chi connectivity index (χ4v) is 8.58. The van der Waals surface area contributed by atoms with Gasteiger partial charge < -0.3 is 9.64 Å². The molecule has 0 amide bonds. The van der Waals surface area contributed by atoms with E-state index < -0.39 is 5.82 Å². The molecule has 2 bridgehead atoms.